The molecule has 0 saturated carbocycles. The number of ether oxygens (including phenoxy) is 2. The van der Waals surface area contributed by atoms with E-state index in [9.17, 15) is 9.59 Å². The third-order valence-electron chi connectivity index (χ3n) is 2.18. The number of esters is 2. The molecule has 1 aliphatic rings. The molecule has 0 atom stereocenters. The van der Waals surface area contributed by atoms with Gasteiger partial charge in [-0.1, -0.05) is 18.2 Å². The molecule has 0 amide bonds. The van der Waals surface area contributed by atoms with Gasteiger partial charge in [0.05, 0.1) is 5.69 Å². The van der Waals surface area contributed by atoms with Crippen LogP contribution in [0.5, 0.6) is 0 Å². The van der Waals surface area contributed by atoms with Gasteiger partial charge in [-0.15, -0.1) is 0 Å². The molecule has 6 heteroatoms. The summed E-state index contributed by atoms with van der Waals surface area (Å²) < 4.78 is 9.82. The molecule has 1 aromatic rings. The fourth-order valence-corrected chi connectivity index (χ4v) is 1.43. The van der Waals surface area contributed by atoms with Crippen LogP contribution < -0.4 is 0 Å². The van der Waals surface area contributed by atoms with Crippen molar-refractivity contribution < 1.29 is 19.1 Å². The monoisotopic (exact) mass is 248 g/mol. The summed E-state index contributed by atoms with van der Waals surface area (Å²) in [7, 11) is 0. The maximum Gasteiger partial charge on any atom is 0.347 e. The van der Waals surface area contributed by atoms with Crippen LogP contribution in [0, 0.1) is 0 Å². The van der Waals surface area contributed by atoms with Crippen LogP contribution in [-0.2, 0) is 19.1 Å². The lowest BCUT2D eigenvalue weighted by atomic mass is 10.2. The minimum absolute atomic E-state index is 0.544. The molecule has 18 heavy (non-hydrogen) atoms. The smallest absolute Gasteiger partial charge is 0.347 e. The van der Waals surface area contributed by atoms with Crippen LogP contribution in [-0.4, -0.2) is 23.8 Å². The molecule has 1 heterocycles. The van der Waals surface area contributed by atoms with Gasteiger partial charge in [0, 0.05) is 13.8 Å². The van der Waals surface area contributed by atoms with E-state index < -0.39 is 23.8 Å². The van der Waals surface area contributed by atoms with Gasteiger partial charge in [-0.25, -0.2) is 9.59 Å². The van der Waals surface area contributed by atoms with Crippen LogP contribution in [0.1, 0.15) is 13.8 Å². The molecule has 94 valence electrons. The van der Waals surface area contributed by atoms with Crippen molar-refractivity contribution in [3.05, 3.63) is 30.3 Å². The third kappa shape index (κ3) is 2.71. The molecular weight excluding hydrogens is 236 g/mol. The first-order valence-corrected chi connectivity index (χ1v) is 5.39. The molecule has 0 spiro atoms. The lowest BCUT2D eigenvalue weighted by molar-refractivity contribution is -0.234. The van der Waals surface area contributed by atoms with E-state index in [1.807, 2.05) is 6.07 Å². The Hall–Kier alpha value is -2.24. The molecule has 1 saturated heterocycles. The summed E-state index contributed by atoms with van der Waals surface area (Å²) in [5.41, 5.74) is 0.544. The van der Waals surface area contributed by atoms with Gasteiger partial charge >= 0.3 is 11.9 Å². The Labute approximate surface area is 104 Å². The van der Waals surface area contributed by atoms with E-state index in [2.05, 4.69) is 10.2 Å². The predicted octanol–water partition coefficient (Wildman–Crippen LogP) is 1.98. The van der Waals surface area contributed by atoms with E-state index in [-0.39, 0.29) is 0 Å². The highest BCUT2D eigenvalue weighted by Gasteiger charge is 2.43. The Kier molecular flexibility index (Phi) is 3.10. The van der Waals surface area contributed by atoms with Gasteiger partial charge in [0.1, 0.15) is 0 Å². The highest BCUT2D eigenvalue weighted by Crippen LogP contribution is 2.22. The summed E-state index contributed by atoms with van der Waals surface area (Å²) in [6.45, 7) is 2.96. The van der Waals surface area contributed by atoms with Crippen LogP contribution >= 0.6 is 0 Å². The Bertz CT molecular complexity index is 476. The number of azo groups is 1. The number of carbonyl (C=O) groups is 2. The minimum Gasteiger partial charge on any atom is -0.421 e. The second-order valence-corrected chi connectivity index (χ2v) is 4.20. The van der Waals surface area contributed by atoms with Crippen LogP contribution in [0.2, 0.25) is 0 Å². The van der Waals surface area contributed by atoms with Gasteiger partial charge in [0.25, 0.3) is 11.8 Å². The van der Waals surface area contributed by atoms with Gasteiger partial charge in [0.2, 0.25) is 0 Å². The molecular formula is C12H12N2O4. The van der Waals surface area contributed by atoms with Crippen molar-refractivity contribution in [2.24, 2.45) is 10.2 Å². The molecule has 6 nitrogen and oxygen atoms in total. The first-order valence-electron chi connectivity index (χ1n) is 5.39. The molecule has 1 fully saturated rings. The predicted molar refractivity (Wildman–Crippen MR) is 61.0 cm³/mol. The maximum absolute atomic E-state index is 11.6. The molecule has 0 N–H and O–H groups in total. The van der Waals surface area contributed by atoms with E-state index in [1.54, 1.807) is 24.3 Å². The Balaban J connectivity index is 2.13. The number of hydrogen-bond acceptors (Lipinski definition) is 6. The fraction of sp³-hybridized carbons (Fsp3) is 0.333. The average Bonchev–Trinajstić information content (AvgIpc) is 2.27. The average molecular weight is 248 g/mol. The molecule has 0 aromatic heterocycles. The molecule has 2 rings (SSSR count). The summed E-state index contributed by atoms with van der Waals surface area (Å²) in [5.74, 6) is -2.75. The van der Waals surface area contributed by atoms with Crippen molar-refractivity contribution in [3.8, 4) is 0 Å². The SMILES string of the molecule is CC1(C)OC(=O)C(N=Nc2ccccc2)C(=O)O1. The summed E-state index contributed by atoms with van der Waals surface area (Å²) in [6.07, 6.45) is 0. The van der Waals surface area contributed by atoms with E-state index in [0.29, 0.717) is 5.69 Å². The van der Waals surface area contributed by atoms with Crippen molar-refractivity contribution in [2.75, 3.05) is 0 Å². The zero-order valence-electron chi connectivity index (χ0n) is 9.99. The van der Waals surface area contributed by atoms with Crippen molar-refractivity contribution >= 4 is 17.6 Å². The number of carbonyl (C=O) groups excluding carboxylic acids is 2. The quantitative estimate of drug-likeness (QED) is 0.455. The molecule has 0 radical (unpaired) electrons. The van der Waals surface area contributed by atoms with Crippen molar-refractivity contribution in [2.45, 2.75) is 25.7 Å². The zero-order valence-corrected chi connectivity index (χ0v) is 9.99. The lowest BCUT2D eigenvalue weighted by Crippen LogP contribution is -2.48. The molecule has 0 aliphatic carbocycles. The van der Waals surface area contributed by atoms with Gasteiger partial charge in [-0.05, 0) is 12.1 Å². The van der Waals surface area contributed by atoms with Gasteiger partial charge < -0.3 is 9.47 Å². The topological polar surface area (TPSA) is 77.3 Å². The third-order valence-corrected chi connectivity index (χ3v) is 2.18. The van der Waals surface area contributed by atoms with Crippen LogP contribution in [0.4, 0.5) is 5.69 Å². The highest BCUT2D eigenvalue weighted by atomic mass is 16.7. The van der Waals surface area contributed by atoms with E-state index in [0.717, 1.165) is 0 Å². The summed E-state index contributed by atoms with van der Waals surface area (Å²) in [4.78, 5) is 23.1. The Morgan fingerprint density at radius 3 is 2.17 bits per heavy atom. The highest BCUT2D eigenvalue weighted by molar-refractivity contribution is 6.01. The lowest BCUT2D eigenvalue weighted by Gasteiger charge is -2.30. The first-order chi connectivity index (χ1) is 8.48. The van der Waals surface area contributed by atoms with Crippen LogP contribution in [0.25, 0.3) is 0 Å². The molecule has 1 aliphatic heterocycles. The summed E-state index contributed by atoms with van der Waals surface area (Å²) >= 11 is 0. The number of rotatable bonds is 2. The van der Waals surface area contributed by atoms with Crippen molar-refractivity contribution in [1.29, 1.82) is 0 Å². The van der Waals surface area contributed by atoms with Crippen molar-refractivity contribution in [1.82, 2.24) is 0 Å². The first kappa shape index (κ1) is 12.2. The maximum atomic E-state index is 11.6. The normalized spacial score (nSPS) is 19.7. The summed E-state index contributed by atoms with van der Waals surface area (Å²) in [6, 6.07) is 7.42. The van der Waals surface area contributed by atoms with Crippen LogP contribution in [0.3, 0.4) is 0 Å². The standard InChI is InChI=1S/C12H12N2O4/c1-12(2)17-10(15)9(11(16)18-12)14-13-8-6-4-3-5-7-8/h3-7,9H,1-2H3. The minimum atomic E-state index is -1.35. The van der Waals surface area contributed by atoms with Gasteiger partial charge in [0.15, 0.2) is 0 Å². The zero-order chi connectivity index (χ0) is 13.2. The van der Waals surface area contributed by atoms with E-state index in [4.69, 9.17) is 9.47 Å². The largest absolute Gasteiger partial charge is 0.421 e. The molecule has 0 bridgehead atoms. The van der Waals surface area contributed by atoms with Gasteiger partial charge in [-0.3, -0.25) is 0 Å². The van der Waals surface area contributed by atoms with Crippen LogP contribution in [0.15, 0.2) is 40.6 Å². The van der Waals surface area contributed by atoms with Crippen molar-refractivity contribution in [3.63, 3.8) is 0 Å². The Morgan fingerprint density at radius 2 is 1.61 bits per heavy atom. The number of benzene rings is 1. The van der Waals surface area contributed by atoms with E-state index >= 15 is 0 Å². The van der Waals surface area contributed by atoms with Gasteiger partial charge in [-0.2, -0.15) is 10.2 Å². The number of hydrogen-bond donors (Lipinski definition) is 0. The second kappa shape index (κ2) is 4.56. The molecule has 0 unspecified atom stereocenters. The Morgan fingerprint density at radius 1 is 1.06 bits per heavy atom. The fourth-order valence-electron chi connectivity index (χ4n) is 1.43. The summed E-state index contributed by atoms with van der Waals surface area (Å²) in [5, 5.41) is 7.46. The molecule has 1 aromatic carbocycles. The number of nitrogens with zero attached hydrogens (tertiary/aromatic N) is 2. The van der Waals surface area contributed by atoms with E-state index in [1.165, 1.54) is 13.8 Å². The second-order valence-electron chi connectivity index (χ2n) is 4.20. The number of cyclic esters (lactones) is 2.